The van der Waals surface area contributed by atoms with Crippen LogP contribution >= 0.6 is 12.2 Å². The quantitative estimate of drug-likeness (QED) is 0.376. The van der Waals surface area contributed by atoms with Crippen LogP contribution in [0.3, 0.4) is 0 Å². The summed E-state index contributed by atoms with van der Waals surface area (Å²) < 4.78 is 15.7. The van der Waals surface area contributed by atoms with Gasteiger partial charge in [0.25, 0.3) is 0 Å². The molecule has 2 aromatic heterocycles. The monoisotopic (exact) mass is 456 g/mol. The van der Waals surface area contributed by atoms with Gasteiger partial charge in [-0.3, -0.25) is 4.98 Å². The van der Waals surface area contributed by atoms with Gasteiger partial charge in [-0.05, 0) is 93.1 Å². The molecule has 0 amide bonds. The number of thiocarbonyl (C=S) groups is 1. The number of pyridine rings is 1. The Kier molecular flexibility index (Phi) is 5.46. The van der Waals surface area contributed by atoms with Gasteiger partial charge in [0.15, 0.2) is 5.11 Å². The molecule has 1 aliphatic heterocycles. The highest BCUT2D eigenvalue weighted by Gasteiger charge is 2.42. The molecule has 0 saturated carbocycles. The lowest BCUT2D eigenvalue weighted by atomic mass is 9.96. The summed E-state index contributed by atoms with van der Waals surface area (Å²) in [5, 5.41) is 4.19. The van der Waals surface area contributed by atoms with Gasteiger partial charge < -0.3 is 14.8 Å². The zero-order valence-corrected chi connectivity index (χ0v) is 19.6. The van der Waals surface area contributed by atoms with Crippen LogP contribution in [0.1, 0.15) is 40.3 Å². The van der Waals surface area contributed by atoms with E-state index in [1.54, 1.807) is 0 Å². The van der Waals surface area contributed by atoms with Crippen molar-refractivity contribution in [3.63, 3.8) is 0 Å². The minimum absolute atomic E-state index is 0.0875. The number of nitrogens with zero attached hydrogens (tertiary/aromatic N) is 3. The van der Waals surface area contributed by atoms with E-state index in [1.807, 2.05) is 36.5 Å². The molecule has 4 aromatic rings. The second-order valence-electron chi connectivity index (χ2n) is 8.47. The first-order chi connectivity index (χ1) is 15.9. The predicted molar refractivity (Wildman–Crippen MR) is 134 cm³/mol. The van der Waals surface area contributed by atoms with Crippen molar-refractivity contribution < 1.29 is 4.39 Å². The molecule has 6 heteroatoms. The zero-order chi connectivity index (χ0) is 23.1. The predicted octanol–water partition coefficient (Wildman–Crippen LogP) is 6.11. The molecule has 1 aliphatic rings. The second kappa shape index (κ2) is 8.45. The third-order valence-corrected chi connectivity index (χ3v) is 6.60. The number of halogens is 1. The fourth-order valence-corrected chi connectivity index (χ4v) is 5.07. The minimum atomic E-state index is -0.243. The van der Waals surface area contributed by atoms with Crippen molar-refractivity contribution in [3.05, 3.63) is 113 Å². The number of aromatic nitrogens is 2. The highest BCUT2D eigenvalue weighted by Crippen LogP contribution is 2.43. The summed E-state index contributed by atoms with van der Waals surface area (Å²) in [6.07, 6.45) is 1.81. The van der Waals surface area contributed by atoms with Crippen LogP contribution in [0.5, 0.6) is 0 Å². The number of hydrogen-bond donors (Lipinski definition) is 1. The number of nitrogens with one attached hydrogen (secondary N) is 1. The van der Waals surface area contributed by atoms with Crippen LogP contribution in [0.4, 0.5) is 10.1 Å². The van der Waals surface area contributed by atoms with Crippen molar-refractivity contribution >= 4 is 23.0 Å². The van der Waals surface area contributed by atoms with E-state index in [2.05, 4.69) is 70.9 Å². The Labute approximate surface area is 198 Å². The number of anilines is 1. The molecule has 0 unspecified atom stereocenters. The lowest BCUT2D eigenvalue weighted by Gasteiger charge is -2.28. The zero-order valence-electron chi connectivity index (χ0n) is 18.8. The normalized spacial score (nSPS) is 17.9. The molecular formula is C27H25FN4S. The molecule has 3 heterocycles. The molecule has 0 spiro atoms. The maximum absolute atomic E-state index is 13.6. The summed E-state index contributed by atoms with van der Waals surface area (Å²) >= 11 is 5.84. The number of rotatable bonds is 4. The Morgan fingerprint density at radius 3 is 2.27 bits per heavy atom. The fourth-order valence-electron chi connectivity index (χ4n) is 4.73. The van der Waals surface area contributed by atoms with E-state index < -0.39 is 0 Å². The van der Waals surface area contributed by atoms with Crippen LogP contribution in [-0.2, 0) is 0 Å². The smallest absolute Gasteiger partial charge is 0.174 e. The maximum Gasteiger partial charge on any atom is 0.174 e. The fraction of sp³-hybridized carbons (Fsp3) is 0.185. The van der Waals surface area contributed by atoms with Crippen molar-refractivity contribution in [1.29, 1.82) is 0 Å². The van der Waals surface area contributed by atoms with Crippen molar-refractivity contribution in [3.8, 4) is 5.69 Å². The highest BCUT2D eigenvalue weighted by molar-refractivity contribution is 7.80. The third kappa shape index (κ3) is 3.80. The molecule has 166 valence electrons. The lowest BCUT2D eigenvalue weighted by molar-refractivity contribution is 0.565. The van der Waals surface area contributed by atoms with E-state index in [0.717, 1.165) is 34.0 Å². The summed E-state index contributed by atoms with van der Waals surface area (Å²) in [7, 11) is 0. The van der Waals surface area contributed by atoms with Crippen molar-refractivity contribution in [1.82, 2.24) is 14.9 Å². The molecule has 1 N–H and O–H groups in total. The average Bonchev–Trinajstić information content (AvgIpc) is 3.31. The minimum Gasteiger partial charge on any atom is -0.351 e. The van der Waals surface area contributed by atoms with Crippen molar-refractivity contribution in [2.24, 2.45) is 0 Å². The van der Waals surface area contributed by atoms with Gasteiger partial charge in [-0.25, -0.2) is 4.39 Å². The molecule has 2 atom stereocenters. The van der Waals surface area contributed by atoms with Crippen LogP contribution in [0.2, 0.25) is 0 Å². The van der Waals surface area contributed by atoms with E-state index in [4.69, 9.17) is 12.2 Å². The SMILES string of the molecule is Cc1ccc(N2C(=S)N[C@@H](c3ccccn3)[C@@H]2c2cc(C)n(-c3ccc(F)cc3)c2C)cc1. The second-order valence-corrected chi connectivity index (χ2v) is 8.86. The Balaban J connectivity index is 1.67. The summed E-state index contributed by atoms with van der Waals surface area (Å²) in [5.41, 5.74) is 7.43. The molecule has 2 aromatic carbocycles. The Morgan fingerprint density at radius 1 is 0.909 bits per heavy atom. The first-order valence-corrected chi connectivity index (χ1v) is 11.4. The van der Waals surface area contributed by atoms with Crippen molar-refractivity contribution in [2.45, 2.75) is 32.9 Å². The lowest BCUT2D eigenvalue weighted by Crippen LogP contribution is -2.29. The van der Waals surface area contributed by atoms with Crippen LogP contribution in [0.15, 0.2) is 79.0 Å². The van der Waals surface area contributed by atoms with Gasteiger partial charge in [0.05, 0.1) is 17.8 Å². The van der Waals surface area contributed by atoms with Crippen LogP contribution < -0.4 is 10.2 Å². The van der Waals surface area contributed by atoms with E-state index in [0.29, 0.717) is 5.11 Å². The molecule has 4 nitrogen and oxygen atoms in total. The summed E-state index contributed by atoms with van der Waals surface area (Å²) in [6.45, 7) is 6.26. The van der Waals surface area contributed by atoms with Crippen LogP contribution in [0, 0.1) is 26.6 Å². The molecular weight excluding hydrogens is 431 g/mol. The number of aryl methyl sites for hydroxylation is 2. The van der Waals surface area contributed by atoms with Crippen LogP contribution in [-0.4, -0.2) is 14.7 Å². The first kappa shape index (κ1) is 21.3. The summed E-state index contributed by atoms with van der Waals surface area (Å²) in [4.78, 5) is 6.83. The van der Waals surface area contributed by atoms with E-state index in [1.165, 1.54) is 17.7 Å². The standard InChI is InChI=1S/C27H25FN4S/c1-17-7-11-22(12-8-17)32-26(25(30-27(32)33)24-6-4-5-15-29-24)23-16-18(2)31(19(23)3)21-13-9-20(28)10-14-21/h4-16,25-26H,1-3H3,(H,30,33)/t25-,26-/m0/s1. The summed E-state index contributed by atoms with van der Waals surface area (Å²) in [6, 6.07) is 23.0. The molecule has 1 fully saturated rings. The first-order valence-electron chi connectivity index (χ1n) is 11.0. The molecule has 0 radical (unpaired) electrons. The number of hydrogen-bond acceptors (Lipinski definition) is 2. The van der Waals surface area contributed by atoms with E-state index in [-0.39, 0.29) is 17.9 Å². The molecule has 0 aliphatic carbocycles. The maximum atomic E-state index is 13.6. The molecule has 33 heavy (non-hydrogen) atoms. The van der Waals surface area contributed by atoms with E-state index >= 15 is 0 Å². The third-order valence-electron chi connectivity index (χ3n) is 6.28. The number of benzene rings is 2. The Hall–Kier alpha value is -3.51. The van der Waals surface area contributed by atoms with Gasteiger partial charge >= 0.3 is 0 Å². The largest absolute Gasteiger partial charge is 0.351 e. The Morgan fingerprint density at radius 2 is 1.61 bits per heavy atom. The van der Waals surface area contributed by atoms with Gasteiger partial charge in [0.1, 0.15) is 5.82 Å². The van der Waals surface area contributed by atoms with Gasteiger partial charge in [-0.1, -0.05) is 23.8 Å². The molecule has 1 saturated heterocycles. The van der Waals surface area contributed by atoms with Gasteiger partial charge in [-0.2, -0.15) is 0 Å². The molecule has 5 rings (SSSR count). The highest BCUT2D eigenvalue weighted by atomic mass is 32.1. The van der Waals surface area contributed by atoms with Crippen molar-refractivity contribution in [2.75, 3.05) is 4.90 Å². The molecule has 0 bridgehead atoms. The van der Waals surface area contributed by atoms with Gasteiger partial charge in [0.2, 0.25) is 0 Å². The van der Waals surface area contributed by atoms with Crippen LogP contribution in [0.25, 0.3) is 5.69 Å². The Bertz CT molecular complexity index is 1300. The van der Waals surface area contributed by atoms with Gasteiger partial charge in [-0.15, -0.1) is 0 Å². The topological polar surface area (TPSA) is 33.1 Å². The summed E-state index contributed by atoms with van der Waals surface area (Å²) in [5.74, 6) is -0.243. The van der Waals surface area contributed by atoms with E-state index in [9.17, 15) is 4.39 Å². The van der Waals surface area contributed by atoms with Gasteiger partial charge in [0, 0.05) is 29.0 Å². The average molecular weight is 457 g/mol.